The minimum absolute atomic E-state index is 0.00933. The van der Waals surface area contributed by atoms with Crippen molar-refractivity contribution in [2.75, 3.05) is 12.3 Å². The molecule has 4 nitrogen and oxygen atoms in total. The van der Waals surface area contributed by atoms with Gasteiger partial charge >= 0.3 is 0 Å². The third kappa shape index (κ3) is 3.76. The lowest BCUT2D eigenvalue weighted by Crippen LogP contribution is -2.26. The number of nitrogens with zero attached hydrogens (tertiary/aromatic N) is 2. The Morgan fingerprint density at radius 1 is 1.73 bits per heavy atom. The normalized spacial score (nSPS) is 10.3. The highest BCUT2D eigenvalue weighted by molar-refractivity contribution is 7.80. The van der Waals surface area contributed by atoms with Crippen molar-refractivity contribution in [3.05, 3.63) is 16.9 Å². The van der Waals surface area contributed by atoms with Crippen LogP contribution in [0.4, 0.5) is 0 Å². The number of hydrogen-bond acceptors (Lipinski definition) is 3. The topological polar surface area (TPSA) is 46.9 Å². The second-order valence-electron chi connectivity index (χ2n) is 3.12. The Balaban J connectivity index is 2.37. The maximum absolute atomic E-state index is 11.3. The van der Waals surface area contributed by atoms with Crippen molar-refractivity contribution in [1.29, 1.82) is 0 Å². The Labute approximate surface area is 99.4 Å². The van der Waals surface area contributed by atoms with E-state index in [-0.39, 0.29) is 5.91 Å². The molecule has 6 heteroatoms. The van der Waals surface area contributed by atoms with Gasteiger partial charge < -0.3 is 5.32 Å². The Morgan fingerprint density at radius 3 is 3.00 bits per heavy atom. The first kappa shape index (κ1) is 12.4. The van der Waals surface area contributed by atoms with Crippen molar-refractivity contribution in [2.24, 2.45) is 0 Å². The highest BCUT2D eigenvalue weighted by Crippen LogP contribution is 2.13. The van der Waals surface area contributed by atoms with Crippen LogP contribution in [0, 0.1) is 6.92 Å². The van der Waals surface area contributed by atoms with Crippen LogP contribution >= 0.6 is 24.2 Å². The summed E-state index contributed by atoms with van der Waals surface area (Å²) in [6.07, 6.45) is 2.00. The smallest absolute Gasteiger partial charge is 0.221 e. The van der Waals surface area contributed by atoms with Gasteiger partial charge in [0.25, 0.3) is 0 Å². The molecule has 0 saturated carbocycles. The van der Waals surface area contributed by atoms with E-state index in [4.69, 9.17) is 11.6 Å². The van der Waals surface area contributed by atoms with Crippen molar-refractivity contribution in [2.45, 2.75) is 19.9 Å². The summed E-state index contributed by atoms with van der Waals surface area (Å²) in [7, 11) is 0. The molecule has 1 N–H and O–H groups in total. The molecule has 0 fully saturated rings. The van der Waals surface area contributed by atoms with Crippen LogP contribution in [0.3, 0.4) is 0 Å². The Kier molecular flexibility index (Phi) is 4.98. The van der Waals surface area contributed by atoms with Crippen LogP contribution in [0.1, 0.15) is 12.1 Å². The summed E-state index contributed by atoms with van der Waals surface area (Å²) < 4.78 is 1.72. The van der Waals surface area contributed by atoms with Crippen LogP contribution < -0.4 is 5.32 Å². The maximum Gasteiger partial charge on any atom is 0.221 e. The average molecular weight is 248 g/mol. The molecule has 1 amide bonds. The molecule has 0 aromatic carbocycles. The fourth-order valence-corrected chi connectivity index (χ4v) is 1.39. The first-order valence-electron chi connectivity index (χ1n) is 4.70. The molecular weight excluding hydrogens is 234 g/mol. The van der Waals surface area contributed by atoms with E-state index in [0.29, 0.717) is 30.3 Å². The van der Waals surface area contributed by atoms with E-state index in [2.05, 4.69) is 23.0 Å². The van der Waals surface area contributed by atoms with Crippen molar-refractivity contribution in [1.82, 2.24) is 15.1 Å². The lowest BCUT2D eigenvalue weighted by Gasteiger charge is -2.05. The Hall–Kier alpha value is -0.680. The van der Waals surface area contributed by atoms with Gasteiger partial charge in [0.2, 0.25) is 5.91 Å². The molecule has 0 aliphatic heterocycles. The highest BCUT2D eigenvalue weighted by atomic mass is 35.5. The molecule has 0 aliphatic carbocycles. The fourth-order valence-electron chi connectivity index (χ4n) is 1.14. The third-order valence-corrected chi connectivity index (χ3v) is 2.62. The molecule has 84 valence electrons. The first-order chi connectivity index (χ1) is 7.15. The van der Waals surface area contributed by atoms with Crippen LogP contribution in [-0.4, -0.2) is 28.0 Å². The third-order valence-electron chi connectivity index (χ3n) is 2.03. The van der Waals surface area contributed by atoms with Crippen molar-refractivity contribution in [3.63, 3.8) is 0 Å². The molecule has 1 rings (SSSR count). The largest absolute Gasteiger partial charge is 0.355 e. The molecule has 0 saturated heterocycles. The molecule has 1 aromatic heterocycles. The first-order valence-corrected chi connectivity index (χ1v) is 5.71. The summed E-state index contributed by atoms with van der Waals surface area (Å²) in [6.45, 7) is 3.03. The summed E-state index contributed by atoms with van der Waals surface area (Å²) >= 11 is 9.84. The molecule has 1 heterocycles. The molecule has 15 heavy (non-hydrogen) atoms. The van der Waals surface area contributed by atoms with E-state index in [9.17, 15) is 4.79 Å². The van der Waals surface area contributed by atoms with Gasteiger partial charge in [-0.05, 0) is 6.92 Å². The molecule has 1 aromatic rings. The van der Waals surface area contributed by atoms with Crippen LogP contribution in [0.25, 0.3) is 0 Å². The number of hydrogen-bond donors (Lipinski definition) is 2. The molecule has 0 aliphatic rings. The van der Waals surface area contributed by atoms with Gasteiger partial charge in [-0.25, -0.2) is 0 Å². The SMILES string of the molecule is Cc1c(Cl)cnn1CCC(=O)NCCS. The molecule has 0 bridgehead atoms. The van der Waals surface area contributed by atoms with Crippen molar-refractivity contribution >= 4 is 30.1 Å². The second kappa shape index (κ2) is 6.02. The van der Waals surface area contributed by atoms with Crippen LogP contribution in [-0.2, 0) is 11.3 Å². The number of carbonyl (C=O) groups excluding carboxylic acids is 1. The van der Waals surface area contributed by atoms with Crippen LogP contribution in [0.15, 0.2) is 6.20 Å². The minimum atomic E-state index is 0.00933. The number of amides is 1. The van der Waals surface area contributed by atoms with Gasteiger partial charge in [-0.15, -0.1) is 0 Å². The van der Waals surface area contributed by atoms with Gasteiger partial charge in [-0.2, -0.15) is 17.7 Å². The number of nitrogens with one attached hydrogen (secondary N) is 1. The minimum Gasteiger partial charge on any atom is -0.355 e. The summed E-state index contributed by atoms with van der Waals surface area (Å²) in [5.41, 5.74) is 0.888. The quantitative estimate of drug-likeness (QED) is 0.771. The van der Waals surface area contributed by atoms with Gasteiger partial charge in [0.05, 0.1) is 23.5 Å². The number of carbonyl (C=O) groups is 1. The number of rotatable bonds is 5. The predicted molar refractivity (Wildman–Crippen MR) is 63.5 cm³/mol. The van der Waals surface area contributed by atoms with Gasteiger partial charge in [0.1, 0.15) is 0 Å². The lowest BCUT2D eigenvalue weighted by molar-refractivity contribution is -0.121. The Morgan fingerprint density at radius 2 is 2.47 bits per heavy atom. The fraction of sp³-hybridized carbons (Fsp3) is 0.556. The summed E-state index contributed by atoms with van der Waals surface area (Å²) in [5, 5.41) is 7.43. The number of thiol groups is 1. The highest BCUT2D eigenvalue weighted by Gasteiger charge is 2.05. The Bertz CT molecular complexity index is 340. The van der Waals surface area contributed by atoms with Crippen LogP contribution in [0.2, 0.25) is 5.02 Å². The maximum atomic E-state index is 11.3. The predicted octanol–water partition coefficient (Wildman–Crippen LogP) is 1.28. The number of halogens is 1. The van der Waals surface area contributed by atoms with Gasteiger partial charge in [-0.3, -0.25) is 9.48 Å². The second-order valence-corrected chi connectivity index (χ2v) is 3.98. The molecule has 0 atom stereocenters. The average Bonchev–Trinajstić information content (AvgIpc) is 2.54. The van der Waals surface area contributed by atoms with E-state index in [1.165, 1.54) is 0 Å². The van der Waals surface area contributed by atoms with E-state index >= 15 is 0 Å². The molecule has 0 unspecified atom stereocenters. The van der Waals surface area contributed by atoms with Crippen molar-refractivity contribution in [3.8, 4) is 0 Å². The van der Waals surface area contributed by atoms with E-state index in [1.54, 1.807) is 10.9 Å². The number of aryl methyl sites for hydroxylation is 1. The lowest BCUT2D eigenvalue weighted by atomic mass is 10.4. The summed E-state index contributed by atoms with van der Waals surface area (Å²) in [6, 6.07) is 0. The van der Waals surface area contributed by atoms with E-state index in [0.717, 1.165) is 5.69 Å². The van der Waals surface area contributed by atoms with Gasteiger partial charge in [0, 0.05) is 18.7 Å². The molecule has 0 spiro atoms. The standard InChI is InChI=1S/C9H14ClN3OS/c1-7-8(10)6-12-13(7)4-2-9(14)11-3-5-15/h6,15H,2-5H2,1H3,(H,11,14). The molecular formula is C9H14ClN3OS. The number of aromatic nitrogens is 2. The van der Waals surface area contributed by atoms with Crippen molar-refractivity contribution < 1.29 is 4.79 Å². The van der Waals surface area contributed by atoms with Gasteiger partial charge in [-0.1, -0.05) is 11.6 Å². The zero-order valence-corrected chi connectivity index (χ0v) is 10.2. The van der Waals surface area contributed by atoms with E-state index in [1.807, 2.05) is 6.92 Å². The summed E-state index contributed by atoms with van der Waals surface area (Å²) in [4.78, 5) is 11.3. The van der Waals surface area contributed by atoms with Gasteiger partial charge in [0.15, 0.2) is 0 Å². The molecule has 0 radical (unpaired) electrons. The van der Waals surface area contributed by atoms with E-state index < -0.39 is 0 Å². The zero-order chi connectivity index (χ0) is 11.3. The summed E-state index contributed by atoms with van der Waals surface area (Å²) in [5.74, 6) is 0.660. The zero-order valence-electron chi connectivity index (χ0n) is 8.53. The monoisotopic (exact) mass is 247 g/mol. The van der Waals surface area contributed by atoms with Crippen LogP contribution in [0.5, 0.6) is 0 Å².